The average Bonchev–Trinajstić information content (AvgIpc) is 3.21. The Hall–Kier alpha value is -2.08. The minimum atomic E-state index is -0.282. The summed E-state index contributed by atoms with van der Waals surface area (Å²) >= 11 is 0. The number of hydrogen-bond donors (Lipinski definition) is 0. The highest BCUT2D eigenvalue weighted by Gasteiger charge is 2.31. The quantitative estimate of drug-likeness (QED) is 0.833. The lowest BCUT2D eigenvalue weighted by Gasteiger charge is -2.35. The van der Waals surface area contributed by atoms with Crippen LogP contribution in [0.25, 0.3) is 0 Å². The van der Waals surface area contributed by atoms with Crippen LogP contribution in [0, 0.1) is 0 Å². The number of carbonyl (C=O) groups is 2. The first-order valence-electron chi connectivity index (χ1n) is 9.00. The van der Waals surface area contributed by atoms with Crippen molar-refractivity contribution in [1.29, 1.82) is 0 Å². The number of ether oxygens (including phenoxy) is 2. The van der Waals surface area contributed by atoms with E-state index in [0.29, 0.717) is 38.3 Å². The summed E-state index contributed by atoms with van der Waals surface area (Å²) in [4.78, 5) is 28.8. The number of carbonyl (C=O) groups excluding carboxylic acids is 2. The Morgan fingerprint density at radius 3 is 2.52 bits per heavy atom. The number of nitrogens with zero attached hydrogens (tertiary/aromatic N) is 2. The van der Waals surface area contributed by atoms with E-state index in [1.807, 2.05) is 34.9 Å². The summed E-state index contributed by atoms with van der Waals surface area (Å²) in [5, 5.41) is 0. The molecule has 0 bridgehead atoms. The maximum atomic E-state index is 12.8. The maximum Gasteiger partial charge on any atom is 0.253 e. The van der Waals surface area contributed by atoms with Crippen LogP contribution in [0.1, 0.15) is 35.7 Å². The Morgan fingerprint density at radius 1 is 1.20 bits per heavy atom. The maximum absolute atomic E-state index is 12.8. The van der Waals surface area contributed by atoms with E-state index in [-0.39, 0.29) is 17.9 Å². The van der Waals surface area contributed by atoms with Gasteiger partial charge >= 0.3 is 0 Å². The van der Waals surface area contributed by atoms with Gasteiger partial charge in [-0.25, -0.2) is 0 Å². The van der Waals surface area contributed by atoms with E-state index in [2.05, 4.69) is 0 Å². The van der Waals surface area contributed by atoms with Gasteiger partial charge in [0.2, 0.25) is 0 Å². The van der Waals surface area contributed by atoms with Gasteiger partial charge in [-0.3, -0.25) is 9.59 Å². The number of piperazine rings is 1. The molecule has 1 aromatic carbocycles. The Balaban J connectivity index is 1.60. The van der Waals surface area contributed by atoms with Crippen LogP contribution in [0.3, 0.4) is 0 Å². The van der Waals surface area contributed by atoms with Gasteiger partial charge in [-0.1, -0.05) is 6.92 Å². The van der Waals surface area contributed by atoms with Gasteiger partial charge in [0.05, 0.1) is 7.11 Å². The molecule has 1 aromatic rings. The van der Waals surface area contributed by atoms with Crippen LogP contribution in [-0.2, 0) is 16.0 Å². The molecule has 2 aliphatic rings. The summed E-state index contributed by atoms with van der Waals surface area (Å²) in [6.45, 7) is 4.98. The summed E-state index contributed by atoms with van der Waals surface area (Å²) in [5.74, 6) is 0.898. The molecule has 0 radical (unpaired) electrons. The Morgan fingerprint density at radius 2 is 1.92 bits per heavy atom. The second-order valence-corrected chi connectivity index (χ2v) is 6.50. The van der Waals surface area contributed by atoms with E-state index in [1.165, 1.54) is 0 Å². The lowest BCUT2D eigenvalue weighted by atomic mass is 10.1. The lowest BCUT2D eigenvalue weighted by molar-refractivity contribution is -0.142. The summed E-state index contributed by atoms with van der Waals surface area (Å²) < 4.78 is 10.8. The first kappa shape index (κ1) is 17.7. The second kappa shape index (κ2) is 7.87. The Bertz CT molecular complexity index is 632. The van der Waals surface area contributed by atoms with Crippen molar-refractivity contribution >= 4 is 11.8 Å². The molecule has 136 valence electrons. The monoisotopic (exact) mass is 346 g/mol. The number of aryl methyl sites for hydroxylation is 1. The molecule has 1 atom stereocenters. The zero-order valence-corrected chi connectivity index (χ0v) is 15.0. The van der Waals surface area contributed by atoms with Crippen LogP contribution in [0.2, 0.25) is 0 Å². The molecule has 1 unspecified atom stereocenters. The molecule has 2 amide bonds. The summed E-state index contributed by atoms with van der Waals surface area (Å²) in [6.07, 6.45) is 2.29. The molecule has 2 saturated heterocycles. The van der Waals surface area contributed by atoms with Crippen molar-refractivity contribution in [1.82, 2.24) is 9.80 Å². The first-order chi connectivity index (χ1) is 12.1. The van der Waals surface area contributed by atoms with Gasteiger partial charge in [0.25, 0.3) is 11.8 Å². The van der Waals surface area contributed by atoms with Gasteiger partial charge < -0.3 is 19.3 Å². The third kappa shape index (κ3) is 3.79. The van der Waals surface area contributed by atoms with Gasteiger partial charge in [-0.2, -0.15) is 0 Å². The van der Waals surface area contributed by atoms with Crippen molar-refractivity contribution < 1.29 is 19.1 Å². The summed E-state index contributed by atoms with van der Waals surface area (Å²) in [5.41, 5.74) is 1.71. The van der Waals surface area contributed by atoms with Crippen LogP contribution < -0.4 is 4.74 Å². The largest absolute Gasteiger partial charge is 0.496 e. The molecule has 0 spiro atoms. The smallest absolute Gasteiger partial charge is 0.253 e. The van der Waals surface area contributed by atoms with Crippen LogP contribution in [0.5, 0.6) is 5.75 Å². The minimum absolute atomic E-state index is 0.0153. The molecule has 6 heteroatoms. The van der Waals surface area contributed by atoms with Crippen molar-refractivity contribution in [3.8, 4) is 5.75 Å². The molecule has 3 rings (SSSR count). The SMILES string of the molecule is CCc1cc(C(=O)N2CCN(C(=O)C3CCCO3)CC2)ccc1OC. The van der Waals surface area contributed by atoms with Gasteiger partial charge in [-0.05, 0) is 43.0 Å². The Kier molecular flexibility index (Phi) is 5.58. The molecule has 25 heavy (non-hydrogen) atoms. The van der Waals surface area contributed by atoms with E-state index in [9.17, 15) is 9.59 Å². The fourth-order valence-corrected chi connectivity index (χ4v) is 3.48. The zero-order valence-electron chi connectivity index (χ0n) is 15.0. The normalized spacial score (nSPS) is 20.6. The number of rotatable bonds is 4. The van der Waals surface area contributed by atoms with Crippen LogP contribution in [0.15, 0.2) is 18.2 Å². The number of hydrogen-bond acceptors (Lipinski definition) is 4. The fourth-order valence-electron chi connectivity index (χ4n) is 3.48. The van der Waals surface area contributed by atoms with Crippen molar-refractivity contribution in [2.45, 2.75) is 32.3 Å². The fraction of sp³-hybridized carbons (Fsp3) is 0.579. The predicted molar refractivity (Wildman–Crippen MR) is 93.8 cm³/mol. The molecular formula is C19H26N2O4. The molecule has 0 saturated carbocycles. The van der Waals surface area contributed by atoms with Crippen molar-refractivity contribution in [3.63, 3.8) is 0 Å². The van der Waals surface area contributed by atoms with E-state index < -0.39 is 0 Å². The third-order valence-electron chi connectivity index (χ3n) is 4.99. The number of amides is 2. The summed E-state index contributed by atoms with van der Waals surface area (Å²) in [7, 11) is 1.64. The van der Waals surface area contributed by atoms with Gasteiger partial charge in [-0.15, -0.1) is 0 Å². The molecule has 0 N–H and O–H groups in total. The topological polar surface area (TPSA) is 59.1 Å². The highest BCUT2D eigenvalue weighted by Crippen LogP contribution is 2.22. The zero-order chi connectivity index (χ0) is 17.8. The summed E-state index contributed by atoms with van der Waals surface area (Å²) in [6, 6.07) is 5.57. The van der Waals surface area contributed by atoms with E-state index in [4.69, 9.17) is 9.47 Å². The molecule has 2 heterocycles. The minimum Gasteiger partial charge on any atom is -0.496 e. The van der Waals surface area contributed by atoms with Gasteiger partial charge in [0.15, 0.2) is 0 Å². The number of benzene rings is 1. The molecule has 2 fully saturated rings. The van der Waals surface area contributed by atoms with Crippen LogP contribution >= 0.6 is 0 Å². The Labute approximate surface area is 148 Å². The second-order valence-electron chi connectivity index (χ2n) is 6.50. The molecule has 0 aromatic heterocycles. The third-order valence-corrected chi connectivity index (χ3v) is 4.99. The molecule has 0 aliphatic carbocycles. The average molecular weight is 346 g/mol. The molecule has 6 nitrogen and oxygen atoms in total. The van der Waals surface area contributed by atoms with Gasteiger partial charge in [0, 0.05) is 38.3 Å². The number of methoxy groups -OCH3 is 1. The van der Waals surface area contributed by atoms with E-state index in [0.717, 1.165) is 30.6 Å². The molecular weight excluding hydrogens is 320 g/mol. The van der Waals surface area contributed by atoms with E-state index >= 15 is 0 Å². The first-order valence-corrected chi connectivity index (χ1v) is 9.00. The predicted octanol–water partition coefficient (Wildman–Crippen LogP) is 1.72. The van der Waals surface area contributed by atoms with Crippen LogP contribution in [-0.4, -0.2) is 67.6 Å². The van der Waals surface area contributed by atoms with Crippen molar-refractivity contribution in [2.24, 2.45) is 0 Å². The van der Waals surface area contributed by atoms with Gasteiger partial charge in [0.1, 0.15) is 11.9 Å². The van der Waals surface area contributed by atoms with E-state index in [1.54, 1.807) is 7.11 Å². The van der Waals surface area contributed by atoms with Crippen molar-refractivity contribution in [3.05, 3.63) is 29.3 Å². The van der Waals surface area contributed by atoms with Crippen LogP contribution in [0.4, 0.5) is 0 Å². The highest BCUT2D eigenvalue weighted by atomic mass is 16.5. The standard InChI is InChI=1S/C19H26N2O4/c1-3-14-13-15(6-7-16(14)24-2)18(22)20-8-10-21(11-9-20)19(23)17-5-4-12-25-17/h6-7,13,17H,3-5,8-12H2,1-2H3. The lowest BCUT2D eigenvalue weighted by Crippen LogP contribution is -2.52. The molecule has 2 aliphatic heterocycles. The highest BCUT2D eigenvalue weighted by molar-refractivity contribution is 5.95. The van der Waals surface area contributed by atoms with Crippen molar-refractivity contribution in [2.75, 3.05) is 39.9 Å².